The highest BCUT2D eigenvalue weighted by molar-refractivity contribution is 7.47. The minimum atomic E-state index is 0.975. The first-order valence-electron chi connectivity index (χ1n) is 2.54. The van der Waals surface area contributed by atoms with E-state index in [9.17, 15) is 0 Å². The van der Waals surface area contributed by atoms with Crippen molar-refractivity contribution in [3.05, 3.63) is 0 Å². The summed E-state index contributed by atoms with van der Waals surface area (Å²) in [6.07, 6.45) is 1.53. The maximum atomic E-state index is 2.31. The molecule has 0 amide bonds. The molecule has 1 fully saturated rings. The fourth-order valence-corrected chi connectivity index (χ4v) is 1.62. The third-order valence-electron chi connectivity index (χ3n) is 1.24. The first kappa shape index (κ1) is 4.59. The van der Waals surface area contributed by atoms with Crippen LogP contribution in [-0.2, 0) is 0 Å². The fourth-order valence-electron chi connectivity index (χ4n) is 0.539. The molecule has 2 unspecified atom stereocenters. The topological polar surface area (TPSA) is 0 Å². The van der Waals surface area contributed by atoms with Crippen LogP contribution in [0.2, 0.25) is 0 Å². The summed E-state index contributed by atoms with van der Waals surface area (Å²) in [5.74, 6) is 0.975. The van der Waals surface area contributed by atoms with Gasteiger partial charge in [0.15, 0.2) is 0 Å². The second kappa shape index (κ2) is 1.50. The smallest absolute Gasteiger partial charge is 0.0176 e. The van der Waals surface area contributed by atoms with Crippen LogP contribution in [0.25, 0.3) is 0 Å². The van der Waals surface area contributed by atoms with E-state index in [0.29, 0.717) is 0 Å². The van der Waals surface area contributed by atoms with Gasteiger partial charge in [-0.2, -0.15) is 0 Å². The van der Waals surface area contributed by atoms with E-state index in [2.05, 4.69) is 13.8 Å². The molecule has 6 heavy (non-hydrogen) atoms. The van der Waals surface area contributed by atoms with Gasteiger partial charge in [0.2, 0.25) is 0 Å². The molecule has 0 aliphatic carbocycles. The van der Waals surface area contributed by atoms with Crippen molar-refractivity contribution in [3.63, 3.8) is 0 Å². The lowest BCUT2D eigenvalue weighted by molar-refractivity contribution is 0.680. The highest BCUT2D eigenvalue weighted by Gasteiger charge is 2.23. The van der Waals surface area contributed by atoms with E-state index in [-0.39, 0.29) is 0 Å². The summed E-state index contributed by atoms with van der Waals surface area (Å²) >= 11 is 0. The lowest BCUT2D eigenvalue weighted by Crippen LogP contribution is -1.92. The normalized spacial score (nSPS) is 35.5. The largest absolute Gasteiger partial charge is 0.118 e. The quantitative estimate of drug-likeness (QED) is 0.442. The fraction of sp³-hybridized carbons (Fsp3) is 1.00. The highest BCUT2D eigenvalue weighted by Crippen LogP contribution is 2.43. The maximum Gasteiger partial charge on any atom is -0.0176 e. The molecule has 0 aromatic rings. The molecule has 0 aromatic heterocycles. The molecule has 0 aromatic carbocycles. The lowest BCUT2D eigenvalue weighted by atomic mass is 10.2. The van der Waals surface area contributed by atoms with Crippen molar-refractivity contribution in [1.29, 1.82) is 0 Å². The molecule has 1 aliphatic rings. The zero-order valence-electron chi connectivity index (χ0n) is 4.36. The summed E-state index contributed by atoms with van der Waals surface area (Å²) in [6.45, 7) is 4.62. The van der Waals surface area contributed by atoms with Gasteiger partial charge in [0.25, 0.3) is 0 Å². The van der Waals surface area contributed by atoms with Gasteiger partial charge in [-0.05, 0) is 17.7 Å². The monoisotopic (exact) mass is 102 g/mol. The van der Waals surface area contributed by atoms with Gasteiger partial charge in [-0.3, -0.25) is 0 Å². The first-order valence-corrected chi connectivity index (χ1v) is 3.82. The summed E-state index contributed by atoms with van der Waals surface area (Å²) in [4.78, 5) is 0. The third kappa shape index (κ3) is 0.944. The van der Waals surface area contributed by atoms with Crippen molar-refractivity contribution in [1.82, 2.24) is 0 Å². The Hall–Kier alpha value is 0.430. The average Bonchev–Trinajstić information content (AvgIpc) is 2.06. The third-order valence-corrected chi connectivity index (χ3v) is 2.79. The van der Waals surface area contributed by atoms with Crippen molar-refractivity contribution in [2.75, 3.05) is 6.16 Å². The first-order chi connectivity index (χ1) is 2.80. The highest BCUT2D eigenvalue weighted by atomic mass is 31.1. The van der Waals surface area contributed by atoms with Gasteiger partial charge in [-0.1, -0.05) is 13.8 Å². The van der Waals surface area contributed by atoms with E-state index in [0.717, 1.165) is 11.6 Å². The van der Waals surface area contributed by atoms with Crippen LogP contribution in [0.1, 0.15) is 13.8 Å². The molecule has 0 saturated carbocycles. The molecular formula is C5H11P. The van der Waals surface area contributed by atoms with Crippen LogP contribution in [0.5, 0.6) is 0 Å². The van der Waals surface area contributed by atoms with Gasteiger partial charge in [0, 0.05) is 0 Å². The Bertz CT molecular complexity index is 45.9. The molecule has 2 atom stereocenters. The Kier molecular flexibility index (Phi) is 1.15. The molecule has 0 spiro atoms. The van der Waals surface area contributed by atoms with Crippen molar-refractivity contribution in [2.24, 2.45) is 5.92 Å². The molecule has 1 heteroatoms. The summed E-state index contributed by atoms with van der Waals surface area (Å²) in [6, 6.07) is 0. The second-order valence-electron chi connectivity index (χ2n) is 2.26. The Morgan fingerprint density at radius 2 is 2.17 bits per heavy atom. The SMILES string of the molecule is CC(C)C1CP1. The standard InChI is InChI=1S/C5H11P/c1-4(2)5-3-6-5/h4-6H,3H2,1-2H3. The molecule has 1 aliphatic heterocycles. The van der Waals surface area contributed by atoms with E-state index >= 15 is 0 Å². The van der Waals surface area contributed by atoms with Gasteiger partial charge in [0.1, 0.15) is 0 Å². The minimum absolute atomic E-state index is 0.975. The van der Waals surface area contributed by atoms with Gasteiger partial charge in [-0.25, -0.2) is 0 Å². The van der Waals surface area contributed by atoms with E-state index < -0.39 is 0 Å². The van der Waals surface area contributed by atoms with Crippen LogP contribution in [0.15, 0.2) is 0 Å². The van der Waals surface area contributed by atoms with Crippen LogP contribution in [0.4, 0.5) is 0 Å². The molecular weight excluding hydrogens is 91.0 g/mol. The summed E-state index contributed by atoms with van der Waals surface area (Å²) in [7, 11) is 1.30. The molecule has 1 rings (SSSR count). The van der Waals surface area contributed by atoms with Crippen LogP contribution in [0, 0.1) is 5.92 Å². The summed E-state index contributed by atoms with van der Waals surface area (Å²) in [5.41, 5.74) is 1.13. The van der Waals surface area contributed by atoms with Crippen LogP contribution in [-0.4, -0.2) is 11.8 Å². The van der Waals surface area contributed by atoms with Gasteiger partial charge in [0.05, 0.1) is 0 Å². The van der Waals surface area contributed by atoms with Crippen LogP contribution < -0.4 is 0 Å². The second-order valence-corrected chi connectivity index (χ2v) is 3.82. The molecule has 1 heterocycles. The van der Waals surface area contributed by atoms with E-state index in [4.69, 9.17) is 0 Å². The van der Waals surface area contributed by atoms with Gasteiger partial charge < -0.3 is 0 Å². The molecule has 0 bridgehead atoms. The molecule has 0 radical (unpaired) electrons. The molecule has 36 valence electrons. The number of hydrogen-bond acceptors (Lipinski definition) is 0. The zero-order chi connectivity index (χ0) is 4.57. The minimum Gasteiger partial charge on any atom is -0.118 e. The Labute approximate surface area is 41.1 Å². The Morgan fingerprint density at radius 3 is 2.17 bits per heavy atom. The van der Waals surface area contributed by atoms with Crippen molar-refractivity contribution >= 4 is 8.58 Å². The van der Waals surface area contributed by atoms with Crippen molar-refractivity contribution in [2.45, 2.75) is 19.5 Å². The van der Waals surface area contributed by atoms with Crippen LogP contribution in [0.3, 0.4) is 0 Å². The zero-order valence-corrected chi connectivity index (χ0v) is 5.36. The van der Waals surface area contributed by atoms with E-state index in [1.165, 1.54) is 14.7 Å². The maximum absolute atomic E-state index is 2.31. The predicted molar refractivity (Wildman–Crippen MR) is 31.8 cm³/mol. The molecule has 1 saturated heterocycles. The Morgan fingerprint density at radius 1 is 1.67 bits per heavy atom. The predicted octanol–water partition coefficient (Wildman–Crippen LogP) is 1.70. The van der Waals surface area contributed by atoms with Crippen molar-refractivity contribution < 1.29 is 0 Å². The molecule has 0 nitrogen and oxygen atoms in total. The molecule has 0 N–H and O–H groups in total. The lowest BCUT2D eigenvalue weighted by Gasteiger charge is -1.93. The van der Waals surface area contributed by atoms with Gasteiger partial charge >= 0.3 is 0 Å². The van der Waals surface area contributed by atoms with E-state index in [1.807, 2.05) is 0 Å². The number of hydrogen-bond donors (Lipinski definition) is 0. The van der Waals surface area contributed by atoms with Crippen molar-refractivity contribution in [3.8, 4) is 0 Å². The van der Waals surface area contributed by atoms with Crippen LogP contribution >= 0.6 is 8.58 Å². The summed E-state index contributed by atoms with van der Waals surface area (Å²) < 4.78 is 0. The number of rotatable bonds is 1. The van der Waals surface area contributed by atoms with E-state index in [1.54, 1.807) is 0 Å². The van der Waals surface area contributed by atoms with Gasteiger partial charge in [-0.15, -0.1) is 8.58 Å². The Balaban J connectivity index is 2.13. The summed E-state index contributed by atoms with van der Waals surface area (Å²) in [5, 5.41) is 0. The average molecular weight is 102 g/mol.